The van der Waals surface area contributed by atoms with Crippen LogP contribution in [-0.2, 0) is 0 Å². The van der Waals surface area contributed by atoms with Gasteiger partial charge in [0, 0.05) is 0 Å². The van der Waals surface area contributed by atoms with Gasteiger partial charge in [0.15, 0.2) is 0 Å². The molecule has 1 aliphatic rings. The maximum atomic E-state index is 12.9. The smallest absolute Gasteiger partial charge is 0.258 e. The highest BCUT2D eigenvalue weighted by atomic mass is 28.4. The first-order chi connectivity index (χ1) is 24.9. The molecule has 1 aliphatic carbocycles. The molecule has 2 N–H and O–H groups in total. The van der Waals surface area contributed by atoms with Gasteiger partial charge in [-0.25, -0.2) is 0 Å². The molecule has 0 bridgehead atoms. The minimum Gasteiger partial charge on any atom is -0.424 e. The fraction of sp³-hybridized carbons (Fsp3) is 0.510. The lowest BCUT2D eigenvalue weighted by Gasteiger charge is -2.48. The van der Waals surface area contributed by atoms with E-state index in [0.29, 0.717) is 23.7 Å². The van der Waals surface area contributed by atoms with E-state index in [2.05, 4.69) is 191 Å². The molecule has 53 heavy (non-hydrogen) atoms. The van der Waals surface area contributed by atoms with Crippen molar-refractivity contribution in [3.05, 3.63) is 121 Å². The molecule has 1 fully saturated rings. The van der Waals surface area contributed by atoms with E-state index in [-0.39, 0.29) is 20.9 Å². The van der Waals surface area contributed by atoms with Gasteiger partial charge in [0.2, 0.25) is 0 Å². The lowest BCUT2D eigenvalue weighted by atomic mass is 9.58. The highest BCUT2D eigenvalue weighted by Gasteiger charge is 2.56. The summed E-state index contributed by atoms with van der Waals surface area (Å²) >= 11 is 0. The van der Waals surface area contributed by atoms with Crippen LogP contribution in [0, 0.1) is 34.5 Å². The molecular formula is C49H70O2Si2. The normalized spacial score (nSPS) is 20.7. The van der Waals surface area contributed by atoms with Crippen molar-refractivity contribution in [3.63, 3.8) is 0 Å². The third-order valence-electron chi connectivity index (χ3n) is 15.1. The monoisotopic (exact) mass is 746 g/mol. The van der Waals surface area contributed by atoms with Crippen LogP contribution in [0.2, 0.25) is 10.1 Å². The largest absolute Gasteiger partial charge is 0.424 e. The van der Waals surface area contributed by atoms with Gasteiger partial charge in [-0.1, -0.05) is 191 Å². The Morgan fingerprint density at radius 1 is 0.604 bits per heavy atom. The SMILES string of the molecule is CC(C)[C@@H](CC[C@H](C)[C@@]1(C)CC[C@@H](CCC(C)(C)[Si](O)(c2ccccc2)c2ccccc2)C1(C)C)CC(C)(C)[Si](O)(c1ccccc1)c1ccccc1. The van der Waals surface area contributed by atoms with Crippen LogP contribution in [0.15, 0.2) is 121 Å². The highest BCUT2D eigenvalue weighted by Crippen LogP contribution is 2.62. The summed E-state index contributed by atoms with van der Waals surface area (Å²) in [5.74, 6) is 2.29. The fourth-order valence-corrected chi connectivity index (χ4v) is 18.2. The van der Waals surface area contributed by atoms with Crippen molar-refractivity contribution >= 4 is 37.4 Å². The van der Waals surface area contributed by atoms with Crippen molar-refractivity contribution in [1.29, 1.82) is 0 Å². The molecule has 0 aliphatic heterocycles. The van der Waals surface area contributed by atoms with E-state index >= 15 is 0 Å². The van der Waals surface area contributed by atoms with Crippen LogP contribution in [0.25, 0.3) is 0 Å². The fourth-order valence-electron chi connectivity index (χ4n) is 10.6. The molecule has 0 amide bonds. The molecule has 5 rings (SSSR count). The van der Waals surface area contributed by atoms with Gasteiger partial charge in [0.25, 0.3) is 16.6 Å². The van der Waals surface area contributed by atoms with Crippen LogP contribution in [0.5, 0.6) is 0 Å². The molecule has 4 aromatic carbocycles. The van der Waals surface area contributed by atoms with E-state index in [1.165, 1.54) is 25.7 Å². The Kier molecular flexibility index (Phi) is 12.6. The second-order valence-corrected chi connectivity index (χ2v) is 27.1. The Morgan fingerprint density at radius 2 is 0.981 bits per heavy atom. The molecule has 1 saturated carbocycles. The summed E-state index contributed by atoms with van der Waals surface area (Å²) in [6.07, 6.45) is 8.08. The Hall–Kier alpha value is -2.77. The summed E-state index contributed by atoms with van der Waals surface area (Å²) in [6, 6.07) is 42.1. The molecule has 0 unspecified atom stereocenters. The minimum absolute atomic E-state index is 0.196. The molecule has 4 heteroatoms. The predicted octanol–water partition coefficient (Wildman–Crippen LogP) is 10.4. The van der Waals surface area contributed by atoms with Gasteiger partial charge in [0.05, 0.1) is 0 Å². The van der Waals surface area contributed by atoms with Gasteiger partial charge in [-0.05, 0) is 110 Å². The second-order valence-electron chi connectivity index (χ2n) is 19.3. The van der Waals surface area contributed by atoms with Crippen molar-refractivity contribution < 1.29 is 9.59 Å². The summed E-state index contributed by atoms with van der Waals surface area (Å²) in [5, 5.41) is 3.96. The summed E-state index contributed by atoms with van der Waals surface area (Å²) in [7, 11) is -6.10. The van der Waals surface area contributed by atoms with E-state index in [4.69, 9.17) is 0 Å². The first-order valence-corrected chi connectivity index (χ1v) is 24.5. The average molecular weight is 747 g/mol. The van der Waals surface area contributed by atoms with Crippen LogP contribution >= 0.6 is 0 Å². The summed E-state index contributed by atoms with van der Waals surface area (Å²) in [6.45, 7) is 24.4. The topological polar surface area (TPSA) is 40.5 Å². The van der Waals surface area contributed by atoms with E-state index < -0.39 is 16.6 Å². The summed E-state index contributed by atoms with van der Waals surface area (Å²) in [5.41, 5.74) is 0.442. The molecule has 0 saturated heterocycles. The second kappa shape index (κ2) is 16.1. The van der Waals surface area contributed by atoms with Gasteiger partial charge < -0.3 is 9.59 Å². The maximum absolute atomic E-state index is 12.9. The van der Waals surface area contributed by atoms with Gasteiger partial charge >= 0.3 is 0 Å². The number of benzene rings is 4. The quantitative estimate of drug-likeness (QED) is 0.112. The van der Waals surface area contributed by atoms with Crippen LogP contribution in [0.3, 0.4) is 0 Å². The predicted molar refractivity (Wildman–Crippen MR) is 234 cm³/mol. The molecule has 4 atom stereocenters. The third-order valence-corrected chi connectivity index (χ3v) is 24.2. The van der Waals surface area contributed by atoms with E-state index in [1.807, 2.05) is 0 Å². The third kappa shape index (κ3) is 7.86. The molecule has 0 radical (unpaired) electrons. The van der Waals surface area contributed by atoms with Gasteiger partial charge in [-0.15, -0.1) is 0 Å². The lowest BCUT2D eigenvalue weighted by molar-refractivity contribution is 0.0219. The number of hydrogen-bond donors (Lipinski definition) is 2. The average Bonchev–Trinajstić information content (AvgIpc) is 3.40. The van der Waals surface area contributed by atoms with E-state index in [9.17, 15) is 9.59 Å². The molecule has 0 aromatic heterocycles. The van der Waals surface area contributed by atoms with Crippen molar-refractivity contribution in [1.82, 2.24) is 0 Å². The first-order valence-electron chi connectivity index (χ1n) is 20.6. The lowest BCUT2D eigenvalue weighted by Crippen LogP contribution is -2.65. The molecule has 0 spiro atoms. The Labute approximate surface area is 325 Å². The standard InChI is InChI=1S/C49H70O2Si2/c1-38(2)40(37-47(6,7)53(51,44-27-19-13-20-28-44)45-29-21-14-22-30-45)32-31-39(3)49(10)36-34-41(48(49,8)9)33-35-46(4,5)52(50,42-23-15-11-16-24-42)43-25-17-12-18-26-43/h11-30,38-41,50-51H,31-37H2,1-10H3/t39-,40-,41+,49+/m0/s1. The van der Waals surface area contributed by atoms with E-state index in [0.717, 1.165) is 40.0 Å². The van der Waals surface area contributed by atoms with E-state index in [1.54, 1.807) is 0 Å². The van der Waals surface area contributed by atoms with Crippen molar-refractivity contribution in [2.45, 2.75) is 124 Å². The van der Waals surface area contributed by atoms with Crippen LogP contribution < -0.4 is 20.7 Å². The Morgan fingerprint density at radius 3 is 1.36 bits per heavy atom. The van der Waals surface area contributed by atoms with Crippen LogP contribution in [0.1, 0.15) is 114 Å². The Balaban J connectivity index is 1.30. The van der Waals surface area contributed by atoms with Gasteiger partial charge in [0.1, 0.15) is 0 Å². The van der Waals surface area contributed by atoms with Crippen molar-refractivity contribution in [3.8, 4) is 0 Å². The van der Waals surface area contributed by atoms with Gasteiger partial charge in [-0.2, -0.15) is 0 Å². The zero-order valence-electron chi connectivity index (χ0n) is 34.7. The highest BCUT2D eigenvalue weighted by molar-refractivity contribution is 6.99. The zero-order valence-corrected chi connectivity index (χ0v) is 36.7. The zero-order chi connectivity index (χ0) is 38.7. The minimum atomic E-state index is -3.06. The van der Waals surface area contributed by atoms with Gasteiger partial charge in [-0.3, -0.25) is 0 Å². The van der Waals surface area contributed by atoms with Crippen molar-refractivity contribution in [2.24, 2.45) is 34.5 Å². The Bertz CT molecular complexity index is 1640. The van der Waals surface area contributed by atoms with Crippen molar-refractivity contribution in [2.75, 3.05) is 0 Å². The molecule has 4 aromatic rings. The van der Waals surface area contributed by atoms with Crippen LogP contribution in [0.4, 0.5) is 0 Å². The summed E-state index contributed by atoms with van der Waals surface area (Å²) < 4.78 is 0. The number of rotatable bonds is 16. The first kappa shape index (κ1) is 41.4. The maximum Gasteiger partial charge on any atom is 0.258 e. The van der Waals surface area contributed by atoms with Crippen LogP contribution in [-0.4, -0.2) is 26.2 Å². The number of hydrogen-bond acceptors (Lipinski definition) is 2. The molecule has 286 valence electrons. The summed E-state index contributed by atoms with van der Waals surface area (Å²) in [4.78, 5) is 25.7. The molecular weight excluding hydrogens is 677 g/mol. The molecule has 0 heterocycles. The molecule has 2 nitrogen and oxygen atoms in total.